The number of hydrogen-bond donors (Lipinski definition) is 2. The van der Waals surface area contributed by atoms with Gasteiger partial charge in [0.15, 0.2) is 0 Å². The molecule has 2 amide bonds. The van der Waals surface area contributed by atoms with Gasteiger partial charge in [-0.3, -0.25) is 9.59 Å². The van der Waals surface area contributed by atoms with Gasteiger partial charge in [0, 0.05) is 28.4 Å². The van der Waals surface area contributed by atoms with Crippen molar-refractivity contribution < 1.29 is 22.7 Å². The summed E-state index contributed by atoms with van der Waals surface area (Å²) < 4.78 is 32.3. The van der Waals surface area contributed by atoms with Crippen molar-refractivity contribution in [3.05, 3.63) is 40.8 Å². The molecule has 29 heavy (non-hydrogen) atoms. The zero-order chi connectivity index (χ0) is 20.4. The molecule has 0 bridgehead atoms. The van der Waals surface area contributed by atoms with E-state index in [2.05, 4.69) is 10.6 Å². The number of nitrogens with one attached hydrogen (secondary N) is 2. The van der Waals surface area contributed by atoms with Gasteiger partial charge in [0.05, 0.1) is 31.2 Å². The van der Waals surface area contributed by atoms with Crippen LogP contribution in [0, 0.1) is 0 Å². The highest BCUT2D eigenvalue weighted by Gasteiger charge is 2.27. The van der Waals surface area contributed by atoms with Crippen LogP contribution in [0.3, 0.4) is 0 Å². The number of hydrogen-bond acceptors (Lipinski definition) is 7. The second-order valence-corrected chi connectivity index (χ2v) is 10.8. The Morgan fingerprint density at radius 2 is 2.00 bits per heavy atom. The first-order chi connectivity index (χ1) is 13.9. The van der Waals surface area contributed by atoms with Gasteiger partial charge in [-0.15, -0.1) is 23.1 Å². The number of fused-ring (bicyclic) bond motifs is 1. The Morgan fingerprint density at radius 3 is 2.79 bits per heavy atom. The topological polar surface area (TPSA) is 105 Å². The Kier molecular flexibility index (Phi) is 5.93. The quantitative estimate of drug-likeness (QED) is 0.715. The van der Waals surface area contributed by atoms with E-state index in [1.807, 2.05) is 6.07 Å². The molecule has 154 valence electrons. The molecule has 1 saturated heterocycles. The molecule has 8 nitrogen and oxygen atoms in total. The third-order valence-corrected chi connectivity index (χ3v) is 9.02. The fourth-order valence-electron chi connectivity index (χ4n) is 3.00. The number of thioether (sulfide) groups is 1. The molecule has 0 unspecified atom stereocenters. The standard InChI is InChI=1S/C18H19N3O5S3/c22-16-11-27-15-3-1-12(9-14(15)20-16)18(23)19-10-13-2-4-17(28-13)29(24,25)21-5-7-26-8-6-21/h1-4,9H,5-8,10-11H2,(H,19,23)(H,20,22). The Hall–Kier alpha value is -1.92. The van der Waals surface area contributed by atoms with Crippen LogP contribution in [0.4, 0.5) is 5.69 Å². The normalized spacial score (nSPS) is 17.4. The van der Waals surface area contributed by atoms with Crippen LogP contribution in [0.2, 0.25) is 0 Å². The number of anilines is 1. The molecule has 1 fully saturated rings. The lowest BCUT2D eigenvalue weighted by Gasteiger charge is -2.25. The number of sulfonamides is 1. The van der Waals surface area contributed by atoms with E-state index in [0.717, 1.165) is 21.1 Å². The molecule has 1 aromatic heterocycles. The van der Waals surface area contributed by atoms with Crippen LogP contribution in [0.1, 0.15) is 15.2 Å². The van der Waals surface area contributed by atoms with E-state index in [4.69, 9.17) is 4.74 Å². The maximum atomic E-state index is 12.7. The van der Waals surface area contributed by atoms with Crippen molar-refractivity contribution in [2.75, 3.05) is 37.4 Å². The number of morpholine rings is 1. The van der Waals surface area contributed by atoms with E-state index in [9.17, 15) is 18.0 Å². The molecule has 3 heterocycles. The Bertz CT molecular complexity index is 1040. The average molecular weight is 454 g/mol. The van der Waals surface area contributed by atoms with Crippen LogP contribution in [0.25, 0.3) is 0 Å². The zero-order valence-electron chi connectivity index (χ0n) is 15.3. The van der Waals surface area contributed by atoms with Crippen LogP contribution in [-0.2, 0) is 26.1 Å². The van der Waals surface area contributed by atoms with E-state index in [0.29, 0.717) is 43.3 Å². The lowest BCUT2D eigenvalue weighted by molar-refractivity contribution is -0.113. The monoisotopic (exact) mass is 453 g/mol. The van der Waals surface area contributed by atoms with Crippen molar-refractivity contribution in [3.8, 4) is 0 Å². The summed E-state index contributed by atoms with van der Waals surface area (Å²) in [5, 5.41) is 5.56. The van der Waals surface area contributed by atoms with Crippen molar-refractivity contribution in [1.82, 2.24) is 9.62 Å². The molecule has 0 aliphatic carbocycles. The number of ether oxygens (including phenoxy) is 1. The smallest absolute Gasteiger partial charge is 0.252 e. The fraction of sp³-hybridized carbons (Fsp3) is 0.333. The van der Waals surface area contributed by atoms with Crippen LogP contribution < -0.4 is 10.6 Å². The molecule has 0 atom stereocenters. The maximum absolute atomic E-state index is 12.7. The Balaban J connectivity index is 1.40. The summed E-state index contributed by atoms with van der Waals surface area (Å²) in [6.07, 6.45) is 0. The van der Waals surface area contributed by atoms with Gasteiger partial charge in [-0.2, -0.15) is 4.31 Å². The Labute approximate surface area is 176 Å². The maximum Gasteiger partial charge on any atom is 0.252 e. The minimum Gasteiger partial charge on any atom is -0.379 e. The molecule has 2 N–H and O–H groups in total. The molecule has 1 aromatic carbocycles. The molecule has 11 heteroatoms. The SMILES string of the molecule is O=C1CSc2ccc(C(=O)NCc3ccc(S(=O)(=O)N4CCOCC4)s3)cc2N1. The second kappa shape index (κ2) is 8.44. The number of nitrogens with zero attached hydrogens (tertiary/aromatic N) is 1. The predicted octanol–water partition coefficient (Wildman–Crippen LogP) is 1.74. The second-order valence-electron chi connectivity index (χ2n) is 6.47. The summed E-state index contributed by atoms with van der Waals surface area (Å²) in [6, 6.07) is 8.45. The van der Waals surface area contributed by atoms with Crippen molar-refractivity contribution >= 4 is 50.6 Å². The number of benzene rings is 1. The van der Waals surface area contributed by atoms with Crippen molar-refractivity contribution in [1.29, 1.82) is 0 Å². The minimum atomic E-state index is -3.53. The molecule has 2 aliphatic rings. The molecule has 0 saturated carbocycles. The van der Waals surface area contributed by atoms with Gasteiger partial charge in [0.2, 0.25) is 5.91 Å². The van der Waals surface area contributed by atoms with Gasteiger partial charge < -0.3 is 15.4 Å². The minimum absolute atomic E-state index is 0.0901. The summed E-state index contributed by atoms with van der Waals surface area (Å²) in [7, 11) is -3.53. The lowest BCUT2D eigenvalue weighted by Crippen LogP contribution is -2.40. The highest BCUT2D eigenvalue weighted by atomic mass is 32.2. The predicted molar refractivity (Wildman–Crippen MR) is 111 cm³/mol. The van der Waals surface area contributed by atoms with Gasteiger partial charge in [-0.1, -0.05) is 0 Å². The third kappa shape index (κ3) is 4.48. The molecule has 4 rings (SSSR count). The first-order valence-corrected chi connectivity index (χ1v) is 12.2. The summed E-state index contributed by atoms with van der Waals surface area (Å²) in [6.45, 7) is 1.71. The number of amides is 2. The summed E-state index contributed by atoms with van der Waals surface area (Å²) in [5.74, 6) is -0.0108. The van der Waals surface area contributed by atoms with E-state index in [-0.39, 0.29) is 22.6 Å². The highest BCUT2D eigenvalue weighted by molar-refractivity contribution is 8.00. The van der Waals surface area contributed by atoms with E-state index >= 15 is 0 Å². The van der Waals surface area contributed by atoms with E-state index < -0.39 is 10.0 Å². The van der Waals surface area contributed by atoms with Gasteiger partial charge in [0.25, 0.3) is 15.9 Å². The van der Waals surface area contributed by atoms with Crippen molar-refractivity contribution in [2.24, 2.45) is 0 Å². The largest absolute Gasteiger partial charge is 0.379 e. The van der Waals surface area contributed by atoms with Gasteiger partial charge in [-0.25, -0.2) is 8.42 Å². The lowest BCUT2D eigenvalue weighted by atomic mass is 10.2. The number of rotatable bonds is 5. The van der Waals surface area contributed by atoms with E-state index in [1.165, 1.54) is 16.1 Å². The van der Waals surface area contributed by atoms with Gasteiger partial charge >= 0.3 is 0 Å². The van der Waals surface area contributed by atoms with Gasteiger partial charge in [-0.05, 0) is 30.3 Å². The molecule has 0 spiro atoms. The van der Waals surface area contributed by atoms with Crippen LogP contribution in [0.15, 0.2) is 39.4 Å². The molecular weight excluding hydrogens is 434 g/mol. The molecule has 0 radical (unpaired) electrons. The first-order valence-electron chi connectivity index (χ1n) is 8.95. The Morgan fingerprint density at radius 1 is 1.21 bits per heavy atom. The van der Waals surface area contributed by atoms with Crippen LogP contribution in [0.5, 0.6) is 0 Å². The van der Waals surface area contributed by atoms with Gasteiger partial charge in [0.1, 0.15) is 4.21 Å². The van der Waals surface area contributed by atoms with Crippen molar-refractivity contribution in [3.63, 3.8) is 0 Å². The van der Waals surface area contributed by atoms with Crippen LogP contribution in [-0.4, -0.2) is 56.6 Å². The fourth-order valence-corrected chi connectivity index (χ4v) is 6.65. The average Bonchev–Trinajstić information content (AvgIpc) is 3.22. The summed E-state index contributed by atoms with van der Waals surface area (Å²) >= 11 is 2.58. The number of thiophene rings is 1. The van der Waals surface area contributed by atoms with Crippen LogP contribution >= 0.6 is 23.1 Å². The highest BCUT2D eigenvalue weighted by Crippen LogP contribution is 2.32. The van der Waals surface area contributed by atoms with E-state index in [1.54, 1.807) is 24.3 Å². The number of carbonyl (C=O) groups excluding carboxylic acids is 2. The number of carbonyl (C=O) groups is 2. The third-order valence-electron chi connectivity index (χ3n) is 4.50. The first kappa shape index (κ1) is 20.4. The molecule has 2 aliphatic heterocycles. The summed E-state index contributed by atoms with van der Waals surface area (Å²) in [5.41, 5.74) is 1.07. The molecular formula is C18H19N3O5S3. The molecule has 2 aromatic rings. The zero-order valence-corrected chi connectivity index (χ0v) is 17.8. The summed E-state index contributed by atoms with van der Waals surface area (Å²) in [4.78, 5) is 25.7. The van der Waals surface area contributed by atoms with Crippen molar-refractivity contribution in [2.45, 2.75) is 15.6 Å².